The Kier molecular flexibility index (Phi) is 11.6. The molecule has 3 aromatic carbocycles. The molecule has 2 amide bonds. The van der Waals surface area contributed by atoms with Gasteiger partial charge >= 0.3 is 0 Å². The van der Waals surface area contributed by atoms with Crippen LogP contribution in [0.2, 0.25) is 0 Å². The summed E-state index contributed by atoms with van der Waals surface area (Å²) in [4.78, 5) is 30.0. The van der Waals surface area contributed by atoms with Crippen molar-refractivity contribution in [3.05, 3.63) is 100 Å². The fourth-order valence-electron chi connectivity index (χ4n) is 3.93. The lowest BCUT2D eigenvalue weighted by molar-refractivity contribution is -0.141. The van der Waals surface area contributed by atoms with Crippen LogP contribution in [-0.4, -0.2) is 35.1 Å². The van der Waals surface area contributed by atoms with Crippen molar-refractivity contribution in [3.63, 3.8) is 0 Å². The molecule has 6 heteroatoms. The molecule has 0 saturated carbocycles. The first-order valence-corrected chi connectivity index (χ1v) is 14.3. The van der Waals surface area contributed by atoms with Gasteiger partial charge in [-0.2, -0.15) is 0 Å². The van der Waals surface area contributed by atoms with E-state index < -0.39 is 6.04 Å². The summed E-state index contributed by atoms with van der Waals surface area (Å²) < 4.78 is 0.953. The second-order valence-electron chi connectivity index (χ2n) is 8.91. The van der Waals surface area contributed by atoms with Crippen LogP contribution in [-0.2, 0) is 22.6 Å². The predicted molar refractivity (Wildman–Crippen MR) is 153 cm³/mol. The average Bonchev–Trinajstić information content (AvgIpc) is 2.88. The Morgan fingerprint density at radius 3 is 2.39 bits per heavy atom. The number of carbonyl (C=O) groups excluding carboxylic acids is 2. The van der Waals surface area contributed by atoms with E-state index >= 15 is 0 Å². The summed E-state index contributed by atoms with van der Waals surface area (Å²) >= 11 is 5.21. The first kappa shape index (κ1) is 28.0. The van der Waals surface area contributed by atoms with Crippen LogP contribution in [0.1, 0.15) is 42.9 Å². The summed E-state index contributed by atoms with van der Waals surface area (Å²) in [5.74, 6) is 0.551. The molecular formula is C30H35BrN2O2S. The zero-order valence-electron chi connectivity index (χ0n) is 21.1. The maximum absolute atomic E-state index is 13.7. The van der Waals surface area contributed by atoms with Gasteiger partial charge in [0, 0.05) is 41.1 Å². The Morgan fingerprint density at radius 1 is 0.972 bits per heavy atom. The van der Waals surface area contributed by atoms with E-state index in [2.05, 4.69) is 59.4 Å². The van der Waals surface area contributed by atoms with E-state index in [1.54, 1.807) is 16.7 Å². The summed E-state index contributed by atoms with van der Waals surface area (Å²) in [6, 6.07) is 25.6. The van der Waals surface area contributed by atoms with Gasteiger partial charge in [0.15, 0.2) is 0 Å². The Morgan fingerprint density at radius 2 is 1.69 bits per heavy atom. The normalized spacial score (nSPS) is 11.6. The number of amides is 2. The largest absolute Gasteiger partial charge is 0.354 e. The molecular weight excluding hydrogens is 532 g/mol. The zero-order valence-corrected chi connectivity index (χ0v) is 23.5. The first-order valence-electron chi connectivity index (χ1n) is 12.5. The number of aryl methyl sites for hydroxylation is 1. The van der Waals surface area contributed by atoms with Gasteiger partial charge in [0.25, 0.3) is 0 Å². The molecule has 0 spiro atoms. The number of hydrogen-bond donors (Lipinski definition) is 1. The fourth-order valence-corrected chi connectivity index (χ4v) is 5.21. The highest BCUT2D eigenvalue weighted by Gasteiger charge is 2.30. The third-order valence-corrected chi connectivity index (χ3v) is 7.46. The van der Waals surface area contributed by atoms with Crippen molar-refractivity contribution in [1.29, 1.82) is 0 Å². The number of unbranched alkanes of at least 4 members (excludes halogenated alkanes) is 1. The molecule has 0 fully saturated rings. The van der Waals surface area contributed by atoms with Gasteiger partial charge in [-0.25, -0.2) is 0 Å². The van der Waals surface area contributed by atoms with E-state index in [4.69, 9.17) is 0 Å². The molecule has 4 nitrogen and oxygen atoms in total. The van der Waals surface area contributed by atoms with Crippen molar-refractivity contribution in [1.82, 2.24) is 10.2 Å². The second kappa shape index (κ2) is 14.9. The van der Waals surface area contributed by atoms with E-state index in [9.17, 15) is 9.59 Å². The molecule has 0 aliphatic heterocycles. The molecule has 190 valence electrons. The van der Waals surface area contributed by atoms with Gasteiger partial charge in [-0.05, 0) is 48.7 Å². The maximum Gasteiger partial charge on any atom is 0.243 e. The van der Waals surface area contributed by atoms with E-state index in [0.717, 1.165) is 33.3 Å². The van der Waals surface area contributed by atoms with Crippen LogP contribution in [0.5, 0.6) is 0 Å². The van der Waals surface area contributed by atoms with Crippen molar-refractivity contribution < 1.29 is 9.59 Å². The lowest BCUT2D eigenvalue weighted by Gasteiger charge is -2.31. The number of rotatable bonds is 13. The molecule has 0 aliphatic rings. The second-order valence-corrected chi connectivity index (χ2v) is 11.0. The number of hydrogen-bond acceptors (Lipinski definition) is 3. The van der Waals surface area contributed by atoms with E-state index in [1.165, 1.54) is 5.56 Å². The molecule has 0 aromatic heterocycles. The number of nitrogens with zero attached hydrogens (tertiary/aromatic N) is 1. The average molecular weight is 568 g/mol. The molecule has 3 aromatic rings. The van der Waals surface area contributed by atoms with E-state index in [0.29, 0.717) is 31.7 Å². The maximum atomic E-state index is 13.7. The van der Waals surface area contributed by atoms with Gasteiger partial charge < -0.3 is 10.2 Å². The number of benzene rings is 3. The third kappa shape index (κ3) is 9.14. The van der Waals surface area contributed by atoms with E-state index in [-0.39, 0.29) is 11.8 Å². The van der Waals surface area contributed by atoms with Crippen molar-refractivity contribution in [2.45, 2.75) is 57.0 Å². The Hall–Kier alpha value is -2.57. The first-order chi connectivity index (χ1) is 17.5. The lowest BCUT2D eigenvalue weighted by Crippen LogP contribution is -2.50. The molecule has 0 aliphatic carbocycles. The van der Waals surface area contributed by atoms with Gasteiger partial charge in [-0.15, -0.1) is 11.8 Å². The van der Waals surface area contributed by atoms with Crippen LogP contribution in [0.25, 0.3) is 0 Å². The Bertz CT molecular complexity index is 1110. The van der Waals surface area contributed by atoms with Crippen molar-refractivity contribution >= 4 is 39.5 Å². The van der Waals surface area contributed by atoms with Gasteiger partial charge in [-0.1, -0.05) is 89.4 Å². The third-order valence-electron chi connectivity index (χ3n) is 5.95. The minimum Gasteiger partial charge on any atom is -0.354 e. The van der Waals surface area contributed by atoms with Crippen LogP contribution in [0, 0.1) is 6.92 Å². The molecule has 1 unspecified atom stereocenters. The number of thioether (sulfide) groups is 1. The highest BCUT2D eigenvalue weighted by atomic mass is 79.9. The molecule has 0 radical (unpaired) electrons. The molecule has 0 saturated heterocycles. The number of halogens is 1. The standard InChI is InChI=1S/C30H35BrN2O2S/c1-3-4-18-32-30(35)28(21-24-9-6-5-7-10-24)33(22-25-11-8-12-26(31)20-25)29(34)17-19-36-27-15-13-23(2)14-16-27/h5-16,20,28H,3-4,17-19,21-22H2,1-2H3,(H,32,35). The quantitative estimate of drug-likeness (QED) is 0.183. The molecule has 36 heavy (non-hydrogen) atoms. The van der Waals surface area contributed by atoms with Gasteiger partial charge in [0.2, 0.25) is 11.8 Å². The highest BCUT2D eigenvalue weighted by Crippen LogP contribution is 2.22. The lowest BCUT2D eigenvalue weighted by atomic mass is 10.0. The van der Waals surface area contributed by atoms with Gasteiger partial charge in [0.1, 0.15) is 6.04 Å². The van der Waals surface area contributed by atoms with Crippen LogP contribution < -0.4 is 5.32 Å². The number of carbonyl (C=O) groups is 2. The van der Waals surface area contributed by atoms with Crippen molar-refractivity contribution in [2.24, 2.45) is 0 Å². The monoisotopic (exact) mass is 566 g/mol. The number of nitrogens with one attached hydrogen (secondary N) is 1. The summed E-state index contributed by atoms with van der Waals surface area (Å²) in [5, 5.41) is 3.08. The Labute approximate surface area is 228 Å². The van der Waals surface area contributed by atoms with Crippen LogP contribution >= 0.6 is 27.7 Å². The molecule has 1 atom stereocenters. The minimum atomic E-state index is -0.583. The SMILES string of the molecule is CCCCNC(=O)C(Cc1ccccc1)N(Cc1cccc(Br)c1)C(=O)CCSc1ccc(C)cc1. The zero-order chi connectivity index (χ0) is 25.8. The van der Waals surface area contributed by atoms with Gasteiger partial charge in [-0.3, -0.25) is 9.59 Å². The smallest absolute Gasteiger partial charge is 0.243 e. The van der Waals surface area contributed by atoms with E-state index in [1.807, 2.05) is 54.6 Å². The fraction of sp³-hybridized carbons (Fsp3) is 0.333. The van der Waals surface area contributed by atoms with Crippen LogP contribution in [0.3, 0.4) is 0 Å². The summed E-state index contributed by atoms with van der Waals surface area (Å²) in [6.07, 6.45) is 2.75. The molecule has 0 bridgehead atoms. The molecule has 1 N–H and O–H groups in total. The molecule has 3 rings (SSSR count). The van der Waals surface area contributed by atoms with Crippen LogP contribution in [0.15, 0.2) is 88.2 Å². The highest BCUT2D eigenvalue weighted by molar-refractivity contribution is 9.10. The van der Waals surface area contributed by atoms with Gasteiger partial charge in [0.05, 0.1) is 0 Å². The summed E-state index contributed by atoms with van der Waals surface area (Å²) in [7, 11) is 0. The van der Waals surface area contributed by atoms with Crippen molar-refractivity contribution in [2.75, 3.05) is 12.3 Å². The predicted octanol–water partition coefficient (Wildman–Crippen LogP) is 6.80. The summed E-state index contributed by atoms with van der Waals surface area (Å²) in [5.41, 5.74) is 3.24. The molecule has 0 heterocycles. The van der Waals surface area contributed by atoms with Crippen LogP contribution in [0.4, 0.5) is 0 Å². The summed E-state index contributed by atoms with van der Waals surface area (Å²) in [6.45, 7) is 5.16. The minimum absolute atomic E-state index is 0.0128. The Balaban J connectivity index is 1.82. The topological polar surface area (TPSA) is 49.4 Å². The van der Waals surface area contributed by atoms with Crippen molar-refractivity contribution in [3.8, 4) is 0 Å².